The third-order valence-electron chi connectivity index (χ3n) is 4.14. The summed E-state index contributed by atoms with van der Waals surface area (Å²) in [5.41, 5.74) is 0.915. The van der Waals surface area contributed by atoms with E-state index in [9.17, 15) is 31.2 Å². The van der Waals surface area contributed by atoms with Gasteiger partial charge in [-0.25, -0.2) is 17.6 Å². The van der Waals surface area contributed by atoms with E-state index in [1.165, 1.54) is 18.2 Å². The highest BCUT2D eigenvalue weighted by molar-refractivity contribution is 7.91. The van der Waals surface area contributed by atoms with Gasteiger partial charge in [0, 0.05) is 17.7 Å². The van der Waals surface area contributed by atoms with Gasteiger partial charge in [-0.05, 0) is 36.4 Å². The molecule has 12 heteroatoms. The first-order valence-electron chi connectivity index (χ1n) is 8.74. The minimum absolute atomic E-state index is 0.0317. The predicted molar refractivity (Wildman–Crippen MR) is 102 cm³/mol. The maximum Gasteiger partial charge on any atom is 0.351 e. The molecule has 0 radical (unpaired) electrons. The van der Waals surface area contributed by atoms with Gasteiger partial charge in [0.25, 0.3) is 5.91 Å². The second kappa shape index (κ2) is 9.16. The maximum absolute atomic E-state index is 13.3. The van der Waals surface area contributed by atoms with Crippen LogP contribution in [0.3, 0.4) is 0 Å². The van der Waals surface area contributed by atoms with E-state index in [0.29, 0.717) is 11.3 Å². The van der Waals surface area contributed by atoms with Crippen molar-refractivity contribution in [2.24, 2.45) is 5.16 Å². The zero-order chi connectivity index (χ0) is 22.6. The largest absolute Gasteiger partial charge is 0.453 e. The van der Waals surface area contributed by atoms with Crippen LogP contribution in [0.5, 0.6) is 0 Å². The van der Waals surface area contributed by atoms with Crippen molar-refractivity contribution in [3.8, 4) is 0 Å². The van der Waals surface area contributed by atoms with Gasteiger partial charge in [-0.15, -0.1) is 0 Å². The van der Waals surface area contributed by atoms with E-state index in [4.69, 9.17) is 9.57 Å². The van der Waals surface area contributed by atoms with Gasteiger partial charge in [-0.2, -0.15) is 8.78 Å². The van der Waals surface area contributed by atoms with Crippen molar-refractivity contribution >= 4 is 33.1 Å². The van der Waals surface area contributed by atoms with E-state index in [-0.39, 0.29) is 12.1 Å². The summed E-state index contributed by atoms with van der Waals surface area (Å²) in [7, 11) is -4.74. The zero-order valence-corrected chi connectivity index (χ0v) is 16.4. The van der Waals surface area contributed by atoms with Crippen LogP contribution in [-0.2, 0) is 29.0 Å². The van der Waals surface area contributed by atoms with Crippen molar-refractivity contribution in [1.29, 1.82) is 0 Å². The van der Waals surface area contributed by atoms with Gasteiger partial charge < -0.3 is 14.9 Å². The summed E-state index contributed by atoms with van der Waals surface area (Å²) < 4.78 is 65.9. The normalized spacial score (nSPS) is 15.9. The van der Waals surface area contributed by atoms with Crippen LogP contribution in [0.4, 0.5) is 18.9 Å². The Bertz CT molecular complexity index is 1120. The molecule has 1 heterocycles. The number of anilines is 1. The summed E-state index contributed by atoms with van der Waals surface area (Å²) in [5.74, 6) is -5.64. The molecule has 164 valence electrons. The van der Waals surface area contributed by atoms with E-state index in [2.05, 4.69) is 10.5 Å². The average Bonchev–Trinajstić information content (AvgIpc) is 3.23. The second-order valence-corrected chi connectivity index (χ2v) is 8.25. The Kier molecular flexibility index (Phi) is 6.59. The Balaban J connectivity index is 1.48. The molecule has 31 heavy (non-hydrogen) atoms. The van der Waals surface area contributed by atoms with E-state index in [1.54, 1.807) is 6.07 Å². The van der Waals surface area contributed by atoms with Crippen LogP contribution in [0, 0.1) is 5.82 Å². The van der Waals surface area contributed by atoms with Crippen LogP contribution >= 0.6 is 0 Å². The van der Waals surface area contributed by atoms with E-state index < -0.39 is 50.9 Å². The molecule has 0 fully saturated rings. The summed E-state index contributed by atoms with van der Waals surface area (Å²) in [4.78, 5) is 28.3. The molecule has 0 aliphatic carbocycles. The number of esters is 1. The monoisotopic (exact) mass is 456 g/mol. The van der Waals surface area contributed by atoms with Gasteiger partial charge in [0.2, 0.25) is 15.9 Å². The zero-order valence-electron chi connectivity index (χ0n) is 15.6. The van der Waals surface area contributed by atoms with Gasteiger partial charge in [-0.3, -0.25) is 4.79 Å². The number of carbonyl (C=O) groups excluding carboxylic acids is 2. The number of sulfone groups is 1. The van der Waals surface area contributed by atoms with Crippen molar-refractivity contribution in [1.82, 2.24) is 0 Å². The number of rotatable bonds is 7. The van der Waals surface area contributed by atoms with Gasteiger partial charge in [0.05, 0.1) is 10.6 Å². The number of benzene rings is 2. The third kappa shape index (κ3) is 5.40. The lowest BCUT2D eigenvalue weighted by Crippen LogP contribution is -2.28. The first-order valence-corrected chi connectivity index (χ1v) is 10.3. The molecular weight excluding hydrogens is 441 g/mol. The topological polar surface area (TPSA) is 111 Å². The quantitative estimate of drug-likeness (QED) is 0.641. The maximum atomic E-state index is 13.3. The standard InChI is InChI=1S/C19H15F3N2O6S/c20-12-3-1-2-11(8-12)15-9-16(30-24-15)18(26)29-10-17(25)23-13-4-6-14(7-5-13)31(27,28)19(21)22/h1-8,16,19H,9-10H2,(H,23,25). The van der Waals surface area contributed by atoms with Gasteiger partial charge in [0.15, 0.2) is 6.61 Å². The molecule has 2 aromatic carbocycles. The molecule has 1 unspecified atom stereocenters. The minimum Gasteiger partial charge on any atom is -0.453 e. The summed E-state index contributed by atoms with van der Waals surface area (Å²) in [5, 5.41) is 6.06. The van der Waals surface area contributed by atoms with Crippen LogP contribution in [0.25, 0.3) is 0 Å². The smallest absolute Gasteiger partial charge is 0.351 e. The molecule has 0 spiro atoms. The van der Waals surface area contributed by atoms with Crippen LogP contribution in [-0.4, -0.2) is 44.5 Å². The van der Waals surface area contributed by atoms with Gasteiger partial charge in [-0.1, -0.05) is 17.3 Å². The fourth-order valence-electron chi connectivity index (χ4n) is 2.60. The number of ether oxygens (including phenoxy) is 1. The Hall–Kier alpha value is -3.41. The molecular formula is C19H15F3N2O6S. The number of nitrogens with zero attached hydrogens (tertiary/aromatic N) is 1. The van der Waals surface area contributed by atoms with E-state index in [1.807, 2.05) is 0 Å². The van der Waals surface area contributed by atoms with E-state index in [0.717, 1.165) is 24.3 Å². The lowest BCUT2D eigenvalue weighted by atomic mass is 10.1. The molecule has 1 aliphatic rings. The Morgan fingerprint density at radius 3 is 2.55 bits per heavy atom. The van der Waals surface area contributed by atoms with Crippen LogP contribution in [0.2, 0.25) is 0 Å². The first kappa shape index (κ1) is 22.3. The lowest BCUT2D eigenvalue weighted by molar-refractivity contribution is -0.157. The molecule has 0 bridgehead atoms. The average molecular weight is 456 g/mol. The fourth-order valence-corrected chi connectivity index (χ4v) is 3.32. The van der Waals surface area contributed by atoms with Crippen molar-refractivity contribution in [2.75, 3.05) is 11.9 Å². The predicted octanol–water partition coefficient (Wildman–Crippen LogP) is 2.50. The highest BCUT2D eigenvalue weighted by atomic mass is 32.2. The van der Waals surface area contributed by atoms with Crippen LogP contribution < -0.4 is 5.32 Å². The fraction of sp³-hybridized carbons (Fsp3) is 0.211. The van der Waals surface area contributed by atoms with Gasteiger partial charge in [0.1, 0.15) is 5.82 Å². The van der Waals surface area contributed by atoms with E-state index >= 15 is 0 Å². The van der Waals surface area contributed by atoms with Crippen molar-refractivity contribution in [2.45, 2.75) is 23.2 Å². The van der Waals surface area contributed by atoms with Crippen molar-refractivity contribution < 1.29 is 40.8 Å². The van der Waals surface area contributed by atoms with Crippen molar-refractivity contribution in [3.63, 3.8) is 0 Å². The molecule has 1 atom stereocenters. The second-order valence-electron chi connectivity index (χ2n) is 6.33. The molecule has 1 aliphatic heterocycles. The molecule has 3 rings (SSSR count). The Morgan fingerprint density at radius 1 is 1.19 bits per heavy atom. The number of halogens is 3. The molecule has 0 saturated heterocycles. The van der Waals surface area contributed by atoms with Crippen LogP contribution in [0.1, 0.15) is 12.0 Å². The Morgan fingerprint density at radius 2 is 1.90 bits per heavy atom. The van der Waals surface area contributed by atoms with Crippen LogP contribution in [0.15, 0.2) is 58.6 Å². The minimum atomic E-state index is -4.74. The SMILES string of the molecule is O=C(COC(=O)C1CC(c2cccc(F)c2)=NO1)Nc1ccc(S(=O)(=O)C(F)F)cc1. The number of amides is 1. The molecule has 1 amide bonds. The summed E-state index contributed by atoms with van der Waals surface area (Å²) in [6, 6.07) is 9.66. The number of carbonyl (C=O) groups is 2. The summed E-state index contributed by atoms with van der Waals surface area (Å²) in [6.45, 7) is -0.676. The number of hydrogen-bond donors (Lipinski definition) is 1. The lowest BCUT2D eigenvalue weighted by Gasteiger charge is -2.10. The first-order chi connectivity index (χ1) is 14.7. The highest BCUT2D eigenvalue weighted by Crippen LogP contribution is 2.21. The number of hydrogen-bond acceptors (Lipinski definition) is 7. The highest BCUT2D eigenvalue weighted by Gasteiger charge is 2.31. The Labute approximate surface area is 174 Å². The number of oxime groups is 1. The third-order valence-corrected chi connectivity index (χ3v) is 5.53. The van der Waals surface area contributed by atoms with Crippen molar-refractivity contribution in [3.05, 3.63) is 59.9 Å². The van der Waals surface area contributed by atoms with Gasteiger partial charge >= 0.3 is 11.7 Å². The summed E-state index contributed by atoms with van der Waals surface area (Å²) in [6.07, 6.45) is -1.06. The molecule has 2 aromatic rings. The molecule has 1 N–H and O–H groups in total. The number of alkyl halides is 2. The summed E-state index contributed by atoms with van der Waals surface area (Å²) >= 11 is 0. The molecule has 0 saturated carbocycles. The molecule has 8 nitrogen and oxygen atoms in total. The molecule has 0 aromatic heterocycles. The number of nitrogens with one attached hydrogen (secondary N) is 1.